The molecule has 3 amide bonds. The number of amides is 3. The molecule has 1 heterocycles. The second-order valence-electron chi connectivity index (χ2n) is 6.97. The van der Waals surface area contributed by atoms with Crippen LogP contribution >= 0.6 is 0 Å². The van der Waals surface area contributed by atoms with E-state index in [1.807, 2.05) is 12.2 Å². The Morgan fingerprint density at radius 2 is 1.75 bits per heavy atom. The molecule has 28 heavy (non-hydrogen) atoms. The molecule has 1 aromatic rings. The van der Waals surface area contributed by atoms with Crippen LogP contribution in [-0.2, 0) is 24.4 Å². The number of allylic oxidation sites excluding steroid dienone is 2. The van der Waals surface area contributed by atoms with Crippen LogP contribution in [0.3, 0.4) is 0 Å². The first kappa shape index (κ1) is 20.2. The summed E-state index contributed by atoms with van der Waals surface area (Å²) in [4.78, 5) is 38.4. The molecule has 1 aliphatic heterocycles. The number of anilines is 1. The van der Waals surface area contributed by atoms with Crippen molar-refractivity contribution in [2.24, 2.45) is 11.8 Å². The van der Waals surface area contributed by atoms with Crippen molar-refractivity contribution in [1.82, 2.24) is 9.62 Å². The average molecular weight is 405 g/mol. The number of sulfonamides is 1. The summed E-state index contributed by atoms with van der Waals surface area (Å²) in [6.07, 6.45) is 4.90. The average Bonchev–Trinajstić information content (AvgIpc) is 2.92. The molecule has 0 bridgehead atoms. The van der Waals surface area contributed by atoms with Crippen LogP contribution in [-0.4, -0.2) is 44.6 Å². The first-order valence-corrected chi connectivity index (χ1v) is 10.6. The van der Waals surface area contributed by atoms with E-state index in [4.69, 9.17) is 0 Å². The Balaban J connectivity index is 1.63. The van der Waals surface area contributed by atoms with E-state index in [0.29, 0.717) is 24.1 Å². The van der Waals surface area contributed by atoms with Crippen molar-refractivity contribution in [1.29, 1.82) is 0 Å². The van der Waals surface area contributed by atoms with Crippen LogP contribution in [0.1, 0.15) is 24.8 Å². The monoisotopic (exact) mass is 405 g/mol. The van der Waals surface area contributed by atoms with Crippen LogP contribution in [0.15, 0.2) is 35.2 Å². The van der Waals surface area contributed by atoms with Crippen molar-refractivity contribution in [3.8, 4) is 0 Å². The molecule has 2 aliphatic rings. The third-order valence-electron chi connectivity index (χ3n) is 5.19. The molecule has 8 nitrogen and oxygen atoms in total. The van der Waals surface area contributed by atoms with Gasteiger partial charge >= 0.3 is 0 Å². The van der Waals surface area contributed by atoms with Crippen molar-refractivity contribution in [3.05, 3.63) is 35.9 Å². The van der Waals surface area contributed by atoms with Crippen LogP contribution in [0.4, 0.5) is 5.69 Å². The highest BCUT2D eigenvalue weighted by Crippen LogP contribution is 2.35. The lowest BCUT2D eigenvalue weighted by Gasteiger charge is -2.15. The number of rotatable bonds is 6. The summed E-state index contributed by atoms with van der Waals surface area (Å²) in [6.45, 7) is 1.68. The molecule has 0 saturated carbocycles. The lowest BCUT2D eigenvalue weighted by atomic mass is 9.85. The molecule has 2 unspecified atom stereocenters. The van der Waals surface area contributed by atoms with E-state index in [1.165, 1.54) is 18.0 Å². The number of aryl methyl sites for hydroxylation is 1. The normalized spacial score (nSPS) is 21.7. The van der Waals surface area contributed by atoms with Crippen LogP contribution in [0.5, 0.6) is 0 Å². The molecule has 1 aliphatic carbocycles. The summed E-state index contributed by atoms with van der Waals surface area (Å²) >= 11 is 0. The van der Waals surface area contributed by atoms with Gasteiger partial charge in [0.2, 0.25) is 27.7 Å². The highest BCUT2D eigenvalue weighted by Gasteiger charge is 2.46. The fourth-order valence-electron chi connectivity index (χ4n) is 3.60. The highest BCUT2D eigenvalue weighted by molar-refractivity contribution is 7.89. The fraction of sp³-hybridized carbons (Fsp3) is 0.421. The second-order valence-corrected chi connectivity index (χ2v) is 8.82. The van der Waals surface area contributed by atoms with E-state index in [1.54, 1.807) is 19.1 Å². The van der Waals surface area contributed by atoms with Gasteiger partial charge in [-0.05, 0) is 44.5 Å². The summed E-state index contributed by atoms with van der Waals surface area (Å²) in [5.74, 6) is -1.46. The topological polar surface area (TPSA) is 113 Å². The molecule has 3 rings (SSSR count). The first-order chi connectivity index (χ1) is 13.2. The van der Waals surface area contributed by atoms with Gasteiger partial charge in [0.05, 0.1) is 16.7 Å². The molecule has 0 radical (unpaired) electrons. The van der Waals surface area contributed by atoms with Gasteiger partial charge in [-0.3, -0.25) is 19.3 Å². The van der Waals surface area contributed by atoms with Crippen molar-refractivity contribution in [3.63, 3.8) is 0 Å². The maximum atomic E-state index is 12.4. The van der Waals surface area contributed by atoms with Gasteiger partial charge in [0.1, 0.15) is 0 Å². The maximum absolute atomic E-state index is 12.4. The minimum atomic E-state index is -3.64. The van der Waals surface area contributed by atoms with Crippen LogP contribution < -0.4 is 10.0 Å². The van der Waals surface area contributed by atoms with E-state index in [-0.39, 0.29) is 41.5 Å². The SMILES string of the molecule is CNS(=O)(=O)c1cc(NC(=O)CCN2C(=O)C3CC=CCC3C2=O)ccc1C. The van der Waals surface area contributed by atoms with Gasteiger partial charge in [-0.1, -0.05) is 18.2 Å². The number of nitrogens with one attached hydrogen (secondary N) is 2. The number of hydrogen-bond donors (Lipinski definition) is 2. The van der Waals surface area contributed by atoms with Crippen molar-refractivity contribution in [2.75, 3.05) is 18.9 Å². The molecule has 2 N–H and O–H groups in total. The molecule has 1 saturated heterocycles. The van der Waals surface area contributed by atoms with Gasteiger partial charge in [0.25, 0.3) is 0 Å². The highest BCUT2D eigenvalue weighted by atomic mass is 32.2. The molecule has 150 valence electrons. The van der Waals surface area contributed by atoms with Crippen LogP contribution in [0.25, 0.3) is 0 Å². The van der Waals surface area contributed by atoms with Crippen molar-refractivity contribution in [2.45, 2.75) is 31.1 Å². The molecular formula is C19H23N3O5S. The number of likely N-dealkylation sites (tertiary alicyclic amines) is 1. The zero-order valence-electron chi connectivity index (χ0n) is 15.8. The van der Waals surface area contributed by atoms with Crippen molar-refractivity contribution >= 4 is 33.4 Å². The van der Waals surface area contributed by atoms with Gasteiger partial charge in [-0.15, -0.1) is 0 Å². The van der Waals surface area contributed by atoms with Gasteiger partial charge < -0.3 is 5.32 Å². The Morgan fingerprint density at radius 1 is 1.14 bits per heavy atom. The summed E-state index contributed by atoms with van der Waals surface area (Å²) < 4.78 is 26.3. The minimum absolute atomic E-state index is 0.0179. The quantitative estimate of drug-likeness (QED) is 0.545. The predicted molar refractivity (Wildman–Crippen MR) is 103 cm³/mol. The Kier molecular flexibility index (Phi) is 5.66. The molecule has 1 fully saturated rings. The Morgan fingerprint density at radius 3 is 2.32 bits per heavy atom. The zero-order chi connectivity index (χ0) is 20.5. The smallest absolute Gasteiger partial charge is 0.240 e. The molecule has 0 spiro atoms. The number of carbonyl (C=O) groups excluding carboxylic acids is 3. The third-order valence-corrected chi connectivity index (χ3v) is 6.75. The lowest BCUT2D eigenvalue weighted by molar-refractivity contribution is -0.140. The number of fused-ring (bicyclic) bond motifs is 1. The standard InChI is InChI=1S/C19H23N3O5S/c1-12-7-8-13(11-16(12)28(26,27)20-2)21-17(23)9-10-22-18(24)14-5-3-4-6-15(14)19(22)25/h3-4,7-8,11,14-15,20H,5-6,9-10H2,1-2H3,(H,21,23). The van der Waals surface area contributed by atoms with E-state index in [2.05, 4.69) is 10.0 Å². The first-order valence-electron chi connectivity index (χ1n) is 9.09. The molecule has 9 heteroatoms. The molecular weight excluding hydrogens is 382 g/mol. The van der Waals surface area contributed by atoms with Crippen LogP contribution in [0, 0.1) is 18.8 Å². The van der Waals surface area contributed by atoms with Gasteiger partial charge in [-0.2, -0.15) is 0 Å². The Hall–Kier alpha value is -2.52. The summed E-state index contributed by atoms with van der Waals surface area (Å²) in [5.41, 5.74) is 0.887. The number of carbonyl (C=O) groups is 3. The Labute approximate surface area is 164 Å². The number of hydrogen-bond acceptors (Lipinski definition) is 5. The number of benzene rings is 1. The minimum Gasteiger partial charge on any atom is -0.326 e. The second kappa shape index (κ2) is 7.84. The van der Waals surface area contributed by atoms with Crippen LogP contribution in [0.2, 0.25) is 0 Å². The third kappa shape index (κ3) is 3.85. The van der Waals surface area contributed by atoms with E-state index in [0.717, 1.165) is 0 Å². The number of imide groups is 1. The molecule has 1 aromatic carbocycles. The largest absolute Gasteiger partial charge is 0.326 e. The number of nitrogens with zero attached hydrogens (tertiary/aromatic N) is 1. The van der Waals surface area contributed by atoms with Crippen molar-refractivity contribution < 1.29 is 22.8 Å². The lowest BCUT2D eigenvalue weighted by Crippen LogP contribution is -2.34. The van der Waals surface area contributed by atoms with Gasteiger partial charge in [0.15, 0.2) is 0 Å². The Bertz CT molecular complexity index is 928. The summed E-state index contributed by atoms with van der Waals surface area (Å²) in [6, 6.07) is 4.59. The fourth-order valence-corrected chi connectivity index (χ4v) is 4.60. The molecule has 2 atom stereocenters. The van der Waals surface area contributed by atoms with Gasteiger partial charge in [0, 0.05) is 18.7 Å². The zero-order valence-corrected chi connectivity index (χ0v) is 16.6. The van der Waals surface area contributed by atoms with E-state index in [9.17, 15) is 22.8 Å². The predicted octanol–water partition coefficient (Wildman–Crippen LogP) is 1.18. The summed E-state index contributed by atoms with van der Waals surface area (Å²) in [5, 5.41) is 2.63. The van der Waals surface area contributed by atoms with E-state index >= 15 is 0 Å². The van der Waals surface area contributed by atoms with Gasteiger partial charge in [-0.25, -0.2) is 13.1 Å². The van der Waals surface area contributed by atoms with E-state index < -0.39 is 15.9 Å². The molecule has 0 aromatic heterocycles. The summed E-state index contributed by atoms with van der Waals surface area (Å²) in [7, 11) is -2.33. The maximum Gasteiger partial charge on any atom is 0.240 e.